The van der Waals surface area contributed by atoms with Crippen LogP contribution in [0.3, 0.4) is 0 Å². The summed E-state index contributed by atoms with van der Waals surface area (Å²) in [6, 6.07) is 7.57. The summed E-state index contributed by atoms with van der Waals surface area (Å²) in [5.41, 5.74) is 0.966. The number of hydrogen-bond donors (Lipinski definition) is 1. The molecule has 1 fully saturated rings. The molecule has 2 heterocycles. The Balaban J connectivity index is 1.68. The summed E-state index contributed by atoms with van der Waals surface area (Å²) in [7, 11) is -4.03. The second-order valence-corrected chi connectivity index (χ2v) is 12.5. The van der Waals surface area contributed by atoms with Crippen LogP contribution in [0.15, 0.2) is 46.3 Å². The Morgan fingerprint density at radius 3 is 2.21 bits per heavy atom. The van der Waals surface area contributed by atoms with Gasteiger partial charge in [0.25, 0.3) is 5.91 Å². The average Bonchev–Trinajstić information content (AvgIpc) is 3.20. The van der Waals surface area contributed by atoms with Gasteiger partial charge in [-0.3, -0.25) is 4.79 Å². The molecule has 0 bridgehead atoms. The van der Waals surface area contributed by atoms with Crippen molar-refractivity contribution in [3.8, 4) is 0 Å². The fraction of sp³-hybridized carbons (Fsp3) is 0.500. The summed E-state index contributed by atoms with van der Waals surface area (Å²) in [6.07, 6.45) is 4.17. The van der Waals surface area contributed by atoms with Gasteiger partial charge in [-0.15, -0.1) is 0 Å². The minimum Gasteiger partial charge on any atom is -0.347 e. The first-order chi connectivity index (χ1) is 15.4. The van der Waals surface area contributed by atoms with Crippen LogP contribution in [-0.2, 0) is 33.6 Å². The van der Waals surface area contributed by atoms with Crippen molar-refractivity contribution in [3.63, 3.8) is 0 Å². The van der Waals surface area contributed by atoms with Crippen molar-refractivity contribution in [3.05, 3.63) is 47.8 Å². The molecule has 1 aliphatic rings. The second-order valence-electron chi connectivity index (χ2n) is 8.58. The smallest absolute Gasteiger partial charge is 0.268 e. The van der Waals surface area contributed by atoms with Gasteiger partial charge in [-0.05, 0) is 50.5 Å². The van der Waals surface area contributed by atoms with Gasteiger partial charge in [-0.1, -0.05) is 18.6 Å². The standard InChI is InChI=1S/C22H32N4O5S2/c1-17(2)25(4)32(28,29)19-10-8-18(9-11-19)15-23-22(27)21-14-20(16-24(21)3)33(30,31)26-12-6-5-7-13-26/h8-11,14,16-17H,5-7,12-13,15H2,1-4H3,(H,23,27). The second kappa shape index (κ2) is 9.96. The fourth-order valence-corrected chi connectivity index (χ4v) is 6.61. The Bertz CT molecular complexity index is 1200. The molecule has 1 aromatic carbocycles. The third-order valence-corrected chi connectivity index (χ3v) is 9.86. The Morgan fingerprint density at radius 1 is 1.03 bits per heavy atom. The van der Waals surface area contributed by atoms with E-state index in [1.807, 2.05) is 0 Å². The maximum absolute atomic E-state index is 12.9. The average molecular weight is 497 g/mol. The van der Waals surface area contributed by atoms with Gasteiger partial charge in [-0.25, -0.2) is 16.8 Å². The maximum Gasteiger partial charge on any atom is 0.268 e. The van der Waals surface area contributed by atoms with Gasteiger partial charge in [0.05, 0.1) is 4.90 Å². The SMILES string of the molecule is CC(C)N(C)S(=O)(=O)c1ccc(CNC(=O)c2cc(S(=O)(=O)N3CCCCC3)cn2C)cc1. The summed E-state index contributed by atoms with van der Waals surface area (Å²) in [4.78, 5) is 13.0. The van der Waals surface area contributed by atoms with E-state index in [1.54, 1.807) is 33.0 Å². The van der Waals surface area contributed by atoms with E-state index in [2.05, 4.69) is 5.32 Å². The van der Waals surface area contributed by atoms with Crippen LogP contribution < -0.4 is 5.32 Å². The summed E-state index contributed by atoms with van der Waals surface area (Å²) >= 11 is 0. The molecular weight excluding hydrogens is 464 g/mol. The van der Waals surface area contributed by atoms with Gasteiger partial charge < -0.3 is 9.88 Å². The first-order valence-corrected chi connectivity index (χ1v) is 13.8. The summed E-state index contributed by atoms with van der Waals surface area (Å²) in [5, 5.41) is 2.77. The number of amides is 1. The van der Waals surface area contributed by atoms with Crippen molar-refractivity contribution in [1.29, 1.82) is 0 Å². The number of nitrogens with zero attached hydrogens (tertiary/aromatic N) is 3. The van der Waals surface area contributed by atoms with Gasteiger partial charge in [-0.2, -0.15) is 8.61 Å². The highest BCUT2D eigenvalue weighted by molar-refractivity contribution is 7.89. The summed E-state index contributed by atoms with van der Waals surface area (Å²) in [6.45, 7) is 4.77. The van der Waals surface area contributed by atoms with Crippen LogP contribution in [0.25, 0.3) is 0 Å². The molecule has 0 aliphatic carbocycles. The molecule has 3 rings (SSSR count). The molecule has 1 amide bonds. The van der Waals surface area contributed by atoms with Crippen molar-refractivity contribution in [1.82, 2.24) is 18.5 Å². The lowest BCUT2D eigenvalue weighted by Gasteiger charge is -2.25. The van der Waals surface area contributed by atoms with Crippen LogP contribution >= 0.6 is 0 Å². The highest BCUT2D eigenvalue weighted by Gasteiger charge is 2.28. The van der Waals surface area contributed by atoms with Crippen molar-refractivity contribution in [2.75, 3.05) is 20.1 Å². The van der Waals surface area contributed by atoms with Crippen molar-refractivity contribution < 1.29 is 21.6 Å². The van der Waals surface area contributed by atoms with Gasteiger partial charge in [0.1, 0.15) is 10.6 Å². The van der Waals surface area contributed by atoms with E-state index in [-0.39, 0.29) is 28.1 Å². The number of carbonyl (C=O) groups excluding carboxylic acids is 1. The summed E-state index contributed by atoms with van der Waals surface area (Å²) < 4.78 is 55.2. The molecule has 0 radical (unpaired) electrons. The molecule has 1 aromatic heterocycles. The lowest BCUT2D eigenvalue weighted by Crippen LogP contribution is -2.35. The van der Waals surface area contributed by atoms with Crippen LogP contribution in [0.4, 0.5) is 0 Å². The Hall–Kier alpha value is -2.21. The largest absolute Gasteiger partial charge is 0.347 e. The Morgan fingerprint density at radius 2 is 1.64 bits per heavy atom. The zero-order valence-electron chi connectivity index (χ0n) is 19.5. The highest BCUT2D eigenvalue weighted by atomic mass is 32.2. The van der Waals surface area contributed by atoms with E-state index in [1.165, 1.54) is 44.6 Å². The zero-order valence-corrected chi connectivity index (χ0v) is 21.1. The monoisotopic (exact) mass is 496 g/mol. The number of hydrogen-bond acceptors (Lipinski definition) is 5. The number of aromatic nitrogens is 1. The molecule has 11 heteroatoms. The van der Waals surface area contributed by atoms with Crippen LogP contribution in [0, 0.1) is 0 Å². The first-order valence-electron chi connectivity index (χ1n) is 11.0. The van der Waals surface area contributed by atoms with Gasteiger partial charge in [0.15, 0.2) is 0 Å². The predicted molar refractivity (Wildman–Crippen MR) is 126 cm³/mol. The molecule has 0 saturated carbocycles. The molecule has 0 atom stereocenters. The van der Waals surface area contributed by atoms with Crippen LogP contribution in [-0.4, -0.2) is 62.1 Å². The number of nitrogens with one attached hydrogen (secondary N) is 1. The van der Waals surface area contributed by atoms with Crippen molar-refractivity contribution in [2.24, 2.45) is 7.05 Å². The first kappa shape index (κ1) is 25.4. The molecule has 1 N–H and O–H groups in total. The molecular formula is C22H32N4O5S2. The van der Waals surface area contributed by atoms with Gasteiger partial charge in [0.2, 0.25) is 20.0 Å². The van der Waals surface area contributed by atoms with Crippen molar-refractivity contribution >= 4 is 26.0 Å². The third-order valence-electron chi connectivity index (χ3n) is 5.95. The molecule has 0 unspecified atom stereocenters. The quantitative estimate of drug-likeness (QED) is 0.602. The zero-order chi connectivity index (χ0) is 24.4. The predicted octanol–water partition coefficient (Wildman–Crippen LogP) is 2.16. The fourth-order valence-electron chi connectivity index (χ4n) is 3.65. The van der Waals surface area contributed by atoms with Crippen LogP contribution in [0.5, 0.6) is 0 Å². The van der Waals surface area contributed by atoms with E-state index < -0.39 is 26.0 Å². The third kappa shape index (κ3) is 5.48. The summed E-state index contributed by atoms with van der Waals surface area (Å²) in [5.74, 6) is -0.408. The normalized spacial score (nSPS) is 15.8. The topological polar surface area (TPSA) is 109 Å². The van der Waals surface area contributed by atoms with Crippen LogP contribution in [0.2, 0.25) is 0 Å². The van der Waals surface area contributed by atoms with Crippen LogP contribution in [0.1, 0.15) is 49.2 Å². The van der Waals surface area contributed by atoms with Crippen molar-refractivity contribution in [2.45, 2.75) is 55.5 Å². The lowest BCUT2D eigenvalue weighted by atomic mass is 10.2. The maximum atomic E-state index is 12.9. The van der Waals surface area contributed by atoms with Gasteiger partial charge >= 0.3 is 0 Å². The molecule has 9 nitrogen and oxygen atoms in total. The molecule has 182 valence electrons. The van der Waals surface area contributed by atoms with Gasteiger partial charge in [0, 0.05) is 46.0 Å². The molecule has 1 aliphatic heterocycles. The number of piperidine rings is 1. The molecule has 33 heavy (non-hydrogen) atoms. The number of benzene rings is 1. The Labute approximate surface area is 196 Å². The van der Waals surface area contributed by atoms with E-state index in [0.29, 0.717) is 13.1 Å². The highest BCUT2D eigenvalue weighted by Crippen LogP contribution is 2.22. The lowest BCUT2D eigenvalue weighted by molar-refractivity contribution is 0.0942. The number of sulfonamides is 2. The van der Waals surface area contributed by atoms with E-state index in [4.69, 9.17) is 0 Å². The van der Waals surface area contributed by atoms with E-state index >= 15 is 0 Å². The molecule has 2 aromatic rings. The van der Waals surface area contributed by atoms with E-state index in [9.17, 15) is 21.6 Å². The number of carbonyl (C=O) groups is 1. The van der Waals surface area contributed by atoms with E-state index in [0.717, 1.165) is 24.8 Å². The molecule has 1 saturated heterocycles. The minimum atomic E-state index is -3.62. The molecule has 0 spiro atoms. The number of aryl methyl sites for hydroxylation is 1. The minimum absolute atomic E-state index is 0.112. The number of rotatable bonds is 8. The Kier molecular flexibility index (Phi) is 7.67.